The van der Waals surface area contributed by atoms with E-state index >= 15 is 0 Å². The molecule has 1 unspecified atom stereocenters. The minimum atomic E-state index is -0.291. The first-order valence-electron chi connectivity index (χ1n) is 5.97. The zero-order valence-electron chi connectivity index (χ0n) is 10.5. The topological polar surface area (TPSA) is 46.5 Å². The van der Waals surface area contributed by atoms with Crippen molar-refractivity contribution in [1.29, 1.82) is 0 Å². The van der Waals surface area contributed by atoms with Crippen molar-refractivity contribution in [3.63, 3.8) is 0 Å². The molecule has 2 aromatic carbocycles. The fourth-order valence-electron chi connectivity index (χ4n) is 2.27. The van der Waals surface area contributed by atoms with Crippen LogP contribution in [0.2, 0.25) is 0 Å². The van der Waals surface area contributed by atoms with Gasteiger partial charge in [0.15, 0.2) is 0 Å². The van der Waals surface area contributed by atoms with Crippen molar-refractivity contribution in [2.24, 2.45) is 0 Å². The Morgan fingerprint density at radius 1 is 1.22 bits per heavy atom. The summed E-state index contributed by atoms with van der Waals surface area (Å²) in [6, 6.07) is 10.9. The van der Waals surface area contributed by atoms with Crippen LogP contribution in [-0.4, -0.2) is 18.2 Å². The second-order valence-electron chi connectivity index (χ2n) is 4.20. The normalized spacial score (nSPS) is 12.3. The van der Waals surface area contributed by atoms with Crippen molar-refractivity contribution in [3.05, 3.63) is 42.0 Å². The minimum Gasteiger partial charge on any atom is -0.507 e. The molecule has 1 atom stereocenters. The lowest BCUT2D eigenvalue weighted by Gasteiger charge is -2.15. The van der Waals surface area contributed by atoms with Crippen LogP contribution in [0.25, 0.3) is 10.8 Å². The van der Waals surface area contributed by atoms with E-state index in [1.807, 2.05) is 31.2 Å². The zero-order valence-corrected chi connectivity index (χ0v) is 10.5. The molecule has 0 amide bonds. The molecular formula is C15H16O3. The van der Waals surface area contributed by atoms with E-state index in [0.29, 0.717) is 6.42 Å². The molecule has 0 aliphatic carbocycles. The molecule has 0 aliphatic heterocycles. The first-order chi connectivity index (χ1) is 8.69. The quantitative estimate of drug-likeness (QED) is 0.843. The van der Waals surface area contributed by atoms with Crippen LogP contribution in [0, 0.1) is 0 Å². The number of esters is 1. The Labute approximate surface area is 106 Å². The number of carbonyl (C=O) groups is 1. The number of methoxy groups -OCH3 is 1. The van der Waals surface area contributed by atoms with Gasteiger partial charge in [0.2, 0.25) is 0 Å². The molecule has 3 heteroatoms. The molecule has 0 radical (unpaired) electrons. The van der Waals surface area contributed by atoms with Gasteiger partial charge in [-0.3, -0.25) is 4.79 Å². The molecule has 2 rings (SSSR count). The summed E-state index contributed by atoms with van der Waals surface area (Å²) in [6.07, 6.45) is 0.668. The SMILES string of the molecule is CCC(C(=O)OC)c1ccc(O)c2ccccc12. The van der Waals surface area contributed by atoms with E-state index in [-0.39, 0.29) is 17.6 Å². The van der Waals surface area contributed by atoms with Gasteiger partial charge in [0, 0.05) is 5.39 Å². The van der Waals surface area contributed by atoms with Gasteiger partial charge in [0.05, 0.1) is 13.0 Å². The lowest BCUT2D eigenvalue weighted by molar-refractivity contribution is -0.142. The maximum Gasteiger partial charge on any atom is 0.313 e. The highest BCUT2D eigenvalue weighted by molar-refractivity contribution is 5.94. The fourth-order valence-corrected chi connectivity index (χ4v) is 2.27. The summed E-state index contributed by atoms with van der Waals surface area (Å²) in [4.78, 5) is 11.8. The van der Waals surface area contributed by atoms with Crippen LogP contribution in [0.3, 0.4) is 0 Å². The Morgan fingerprint density at radius 3 is 2.50 bits per heavy atom. The van der Waals surface area contributed by atoms with E-state index in [1.54, 1.807) is 12.1 Å². The Morgan fingerprint density at radius 2 is 1.89 bits per heavy atom. The molecule has 0 heterocycles. The Bertz CT molecular complexity index is 575. The number of phenolic OH excluding ortho intramolecular Hbond substituents is 1. The first kappa shape index (κ1) is 12.4. The van der Waals surface area contributed by atoms with Gasteiger partial charge in [-0.1, -0.05) is 37.3 Å². The minimum absolute atomic E-state index is 0.231. The number of benzene rings is 2. The van der Waals surface area contributed by atoms with Gasteiger partial charge >= 0.3 is 5.97 Å². The monoisotopic (exact) mass is 244 g/mol. The molecule has 0 aliphatic rings. The first-order valence-corrected chi connectivity index (χ1v) is 5.97. The van der Waals surface area contributed by atoms with E-state index < -0.39 is 0 Å². The summed E-state index contributed by atoms with van der Waals surface area (Å²) < 4.78 is 4.84. The van der Waals surface area contributed by atoms with Crippen LogP contribution in [-0.2, 0) is 9.53 Å². The molecule has 0 aromatic heterocycles. The molecule has 1 N–H and O–H groups in total. The van der Waals surface area contributed by atoms with Crippen LogP contribution < -0.4 is 0 Å². The lowest BCUT2D eigenvalue weighted by Crippen LogP contribution is -2.13. The van der Waals surface area contributed by atoms with Gasteiger partial charge in [-0.2, -0.15) is 0 Å². The van der Waals surface area contributed by atoms with Crippen molar-refractivity contribution in [1.82, 2.24) is 0 Å². The third-order valence-electron chi connectivity index (χ3n) is 3.20. The Kier molecular flexibility index (Phi) is 3.51. The molecular weight excluding hydrogens is 228 g/mol. The van der Waals surface area contributed by atoms with Crippen molar-refractivity contribution >= 4 is 16.7 Å². The molecule has 0 spiro atoms. The van der Waals surface area contributed by atoms with E-state index in [4.69, 9.17) is 4.74 Å². The summed E-state index contributed by atoms with van der Waals surface area (Å²) in [7, 11) is 1.40. The highest BCUT2D eigenvalue weighted by Gasteiger charge is 2.21. The molecule has 2 aromatic rings. The van der Waals surface area contributed by atoms with Gasteiger partial charge in [0.1, 0.15) is 5.75 Å². The third-order valence-corrected chi connectivity index (χ3v) is 3.20. The lowest BCUT2D eigenvalue weighted by atomic mass is 9.91. The molecule has 18 heavy (non-hydrogen) atoms. The van der Waals surface area contributed by atoms with E-state index in [1.165, 1.54) is 7.11 Å². The molecule has 3 nitrogen and oxygen atoms in total. The van der Waals surface area contributed by atoms with Gasteiger partial charge in [-0.05, 0) is 23.4 Å². The van der Waals surface area contributed by atoms with Crippen molar-refractivity contribution in [2.75, 3.05) is 7.11 Å². The third kappa shape index (κ3) is 2.04. The summed E-state index contributed by atoms with van der Waals surface area (Å²) in [5.74, 6) is -0.303. The smallest absolute Gasteiger partial charge is 0.313 e. The van der Waals surface area contributed by atoms with Crippen molar-refractivity contribution < 1.29 is 14.6 Å². The standard InChI is InChI=1S/C15H16O3/c1-3-10(15(17)18-2)12-8-9-14(16)13-7-5-4-6-11(12)13/h4-10,16H,3H2,1-2H3. The van der Waals surface area contributed by atoms with Gasteiger partial charge in [-0.25, -0.2) is 0 Å². The van der Waals surface area contributed by atoms with Crippen molar-refractivity contribution in [2.45, 2.75) is 19.3 Å². The van der Waals surface area contributed by atoms with Crippen LogP contribution in [0.15, 0.2) is 36.4 Å². The Hall–Kier alpha value is -2.03. The molecule has 0 bridgehead atoms. The van der Waals surface area contributed by atoms with Crippen LogP contribution >= 0.6 is 0 Å². The van der Waals surface area contributed by atoms with E-state index in [2.05, 4.69) is 0 Å². The zero-order chi connectivity index (χ0) is 13.1. The second-order valence-corrected chi connectivity index (χ2v) is 4.20. The predicted octanol–water partition coefficient (Wildman–Crippen LogP) is 3.21. The fraction of sp³-hybridized carbons (Fsp3) is 0.267. The van der Waals surface area contributed by atoms with Gasteiger partial charge in [0.25, 0.3) is 0 Å². The molecule has 94 valence electrons. The second kappa shape index (κ2) is 5.08. The largest absolute Gasteiger partial charge is 0.507 e. The number of fused-ring (bicyclic) bond motifs is 1. The number of aromatic hydroxyl groups is 1. The van der Waals surface area contributed by atoms with Gasteiger partial charge < -0.3 is 9.84 Å². The number of rotatable bonds is 3. The number of carbonyl (C=O) groups excluding carboxylic acids is 1. The van der Waals surface area contributed by atoms with E-state index in [0.717, 1.165) is 16.3 Å². The van der Waals surface area contributed by atoms with Crippen LogP contribution in [0.5, 0.6) is 5.75 Å². The molecule has 0 fully saturated rings. The number of hydrogen-bond acceptors (Lipinski definition) is 3. The summed E-state index contributed by atoms with van der Waals surface area (Å²) in [5.41, 5.74) is 0.901. The van der Waals surface area contributed by atoms with E-state index in [9.17, 15) is 9.90 Å². The molecule has 0 saturated carbocycles. The van der Waals surface area contributed by atoms with Crippen molar-refractivity contribution in [3.8, 4) is 5.75 Å². The van der Waals surface area contributed by atoms with Crippen LogP contribution in [0.4, 0.5) is 0 Å². The highest BCUT2D eigenvalue weighted by atomic mass is 16.5. The highest BCUT2D eigenvalue weighted by Crippen LogP contribution is 2.33. The van der Waals surface area contributed by atoms with Crippen LogP contribution in [0.1, 0.15) is 24.8 Å². The van der Waals surface area contributed by atoms with Gasteiger partial charge in [-0.15, -0.1) is 0 Å². The summed E-state index contributed by atoms with van der Waals surface area (Å²) in [5, 5.41) is 11.5. The average Bonchev–Trinajstić information content (AvgIpc) is 2.42. The summed E-state index contributed by atoms with van der Waals surface area (Å²) in [6.45, 7) is 1.95. The maximum atomic E-state index is 11.8. The maximum absolute atomic E-state index is 11.8. The average molecular weight is 244 g/mol. The number of ether oxygens (including phenoxy) is 1. The number of hydrogen-bond donors (Lipinski definition) is 1. The Balaban J connectivity index is 2.64. The molecule has 0 saturated heterocycles. The predicted molar refractivity (Wildman–Crippen MR) is 70.7 cm³/mol. The number of phenols is 1. The summed E-state index contributed by atoms with van der Waals surface area (Å²) >= 11 is 0.